The number of rotatable bonds is 6. The van der Waals surface area contributed by atoms with E-state index in [2.05, 4.69) is 20.9 Å². The van der Waals surface area contributed by atoms with Gasteiger partial charge in [0.1, 0.15) is 12.3 Å². The number of aryl methyl sites for hydroxylation is 2. The largest absolute Gasteiger partial charge is 0.408 e. The molecule has 0 bridgehead atoms. The number of halogens is 3. The molecule has 4 aromatic rings. The van der Waals surface area contributed by atoms with Crippen molar-refractivity contribution in [2.45, 2.75) is 64.7 Å². The number of fused-ring (bicyclic) bond motifs is 1. The quantitative estimate of drug-likeness (QED) is 0.318. The second-order valence-corrected chi connectivity index (χ2v) is 9.26. The lowest BCUT2D eigenvalue weighted by molar-refractivity contribution is -0.142. The maximum atomic E-state index is 12.9. The third kappa shape index (κ3) is 4.43. The lowest BCUT2D eigenvalue weighted by atomic mass is 9.95. The fourth-order valence-electron chi connectivity index (χ4n) is 5.35. The van der Waals surface area contributed by atoms with Gasteiger partial charge in [-0.25, -0.2) is 0 Å². The van der Waals surface area contributed by atoms with Gasteiger partial charge in [0.25, 0.3) is 0 Å². The van der Waals surface area contributed by atoms with Crippen molar-refractivity contribution in [2.24, 2.45) is 5.92 Å². The Bertz CT molecular complexity index is 1380. The Hall–Kier alpha value is -3.61. The molecule has 4 aromatic heterocycles. The third-order valence-corrected chi connectivity index (χ3v) is 6.88. The van der Waals surface area contributed by atoms with Crippen LogP contribution >= 0.6 is 0 Å². The zero-order chi connectivity index (χ0) is 24.7. The summed E-state index contributed by atoms with van der Waals surface area (Å²) in [6.45, 7) is 2.55. The molecule has 1 aliphatic carbocycles. The second-order valence-electron chi connectivity index (χ2n) is 9.26. The molecule has 1 atom stereocenters. The van der Waals surface area contributed by atoms with Crippen LogP contribution in [0.3, 0.4) is 0 Å². The molecule has 1 saturated carbocycles. The number of pyridine rings is 1. The molecule has 0 saturated heterocycles. The van der Waals surface area contributed by atoms with Crippen LogP contribution in [-0.2, 0) is 6.54 Å². The SMILES string of the molecule is Cc1noc(C)c1-c1cnc2c(-c3cnn(CC(F)(F)F)c3)cn(C(CC#N)C3CCCC3)c2c1. The number of aromatic nitrogens is 5. The highest BCUT2D eigenvalue weighted by molar-refractivity contribution is 5.95. The Morgan fingerprint density at radius 3 is 2.60 bits per heavy atom. The number of hydrogen-bond donors (Lipinski definition) is 0. The van der Waals surface area contributed by atoms with Gasteiger partial charge in [0, 0.05) is 46.9 Å². The number of alkyl halides is 3. The molecular weight excluding hydrogens is 457 g/mol. The summed E-state index contributed by atoms with van der Waals surface area (Å²) in [6, 6.07) is 4.30. The average Bonchev–Trinajstić information content (AvgIpc) is 3.58. The Labute approximate surface area is 200 Å². The van der Waals surface area contributed by atoms with E-state index in [-0.39, 0.29) is 6.04 Å². The molecule has 0 aromatic carbocycles. The summed E-state index contributed by atoms with van der Waals surface area (Å²) in [6.07, 6.45) is 6.81. The summed E-state index contributed by atoms with van der Waals surface area (Å²) in [5, 5.41) is 17.6. The smallest absolute Gasteiger partial charge is 0.361 e. The Morgan fingerprint density at radius 1 is 1.17 bits per heavy atom. The molecule has 1 aliphatic rings. The monoisotopic (exact) mass is 482 g/mol. The molecule has 1 unspecified atom stereocenters. The molecule has 7 nitrogen and oxygen atoms in total. The average molecular weight is 483 g/mol. The van der Waals surface area contributed by atoms with Gasteiger partial charge in [0.15, 0.2) is 0 Å². The summed E-state index contributed by atoms with van der Waals surface area (Å²) in [7, 11) is 0. The highest BCUT2D eigenvalue weighted by Gasteiger charge is 2.30. The first-order chi connectivity index (χ1) is 16.7. The van der Waals surface area contributed by atoms with Gasteiger partial charge in [0.2, 0.25) is 0 Å². The number of nitrogens with zero attached hydrogens (tertiary/aromatic N) is 6. The topological polar surface area (TPSA) is 85.5 Å². The predicted molar refractivity (Wildman–Crippen MR) is 123 cm³/mol. The first kappa shape index (κ1) is 23.1. The van der Waals surface area contributed by atoms with Crippen LogP contribution in [0, 0.1) is 31.1 Å². The van der Waals surface area contributed by atoms with Crippen molar-refractivity contribution in [3.8, 4) is 28.3 Å². The summed E-state index contributed by atoms with van der Waals surface area (Å²) in [5.74, 6) is 1.04. The van der Waals surface area contributed by atoms with Crippen LogP contribution in [0.5, 0.6) is 0 Å². The fraction of sp³-hybridized carbons (Fsp3) is 0.440. The van der Waals surface area contributed by atoms with Crippen LogP contribution in [0.1, 0.15) is 49.6 Å². The maximum Gasteiger partial charge on any atom is 0.408 e. The van der Waals surface area contributed by atoms with Crippen molar-refractivity contribution in [3.63, 3.8) is 0 Å². The van der Waals surface area contributed by atoms with Gasteiger partial charge >= 0.3 is 6.18 Å². The lowest BCUT2D eigenvalue weighted by Gasteiger charge is -2.24. The number of nitriles is 1. The minimum atomic E-state index is -4.36. The third-order valence-electron chi connectivity index (χ3n) is 6.88. The summed E-state index contributed by atoms with van der Waals surface area (Å²) >= 11 is 0. The number of hydrogen-bond acceptors (Lipinski definition) is 5. The molecule has 0 radical (unpaired) electrons. The summed E-state index contributed by atoms with van der Waals surface area (Å²) in [5.41, 5.74) is 5.19. The first-order valence-corrected chi connectivity index (χ1v) is 11.7. The molecule has 5 rings (SSSR count). The molecule has 0 spiro atoms. The van der Waals surface area contributed by atoms with Crippen LogP contribution in [0.4, 0.5) is 13.2 Å². The standard InChI is InChI=1S/C25H25F3N6O/c1-15-23(16(2)35-32-15)18-9-22-24(30-10-18)20(19-11-31-33(12-19)14-25(26,27)28)13-34(22)21(7-8-29)17-5-3-4-6-17/h9-13,17,21H,3-7,14H2,1-2H3. The van der Waals surface area contributed by atoms with Gasteiger partial charge in [-0.1, -0.05) is 18.0 Å². The zero-order valence-corrected chi connectivity index (χ0v) is 19.5. The van der Waals surface area contributed by atoms with Gasteiger partial charge < -0.3 is 9.09 Å². The highest BCUT2D eigenvalue weighted by Crippen LogP contribution is 2.41. The molecule has 10 heteroatoms. The molecule has 1 fully saturated rings. The van der Waals surface area contributed by atoms with Gasteiger partial charge in [-0.15, -0.1) is 0 Å². The van der Waals surface area contributed by atoms with Crippen LogP contribution in [0.25, 0.3) is 33.3 Å². The van der Waals surface area contributed by atoms with Crippen LogP contribution < -0.4 is 0 Å². The summed E-state index contributed by atoms with van der Waals surface area (Å²) in [4.78, 5) is 4.74. The van der Waals surface area contributed by atoms with Gasteiger partial charge in [-0.2, -0.15) is 23.5 Å². The molecule has 0 N–H and O–H groups in total. The molecule has 35 heavy (non-hydrogen) atoms. The van der Waals surface area contributed by atoms with Crippen LogP contribution in [-0.4, -0.2) is 30.7 Å². The van der Waals surface area contributed by atoms with E-state index in [1.54, 1.807) is 6.20 Å². The van der Waals surface area contributed by atoms with E-state index >= 15 is 0 Å². The van der Waals surface area contributed by atoms with Crippen LogP contribution in [0.2, 0.25) is 0 Å². The minimum absolute atomic E-state index is 0.0503. The Balaban J connectivity index is 1.68. The van der Waals surface area contributed by atoms with Crippen molar-refractivity contribution < 1.29 is 17.7 Å². The second kappa shape index (κ2) is 8.87. The maximum absolute atomic E-state index is 12.9. The predicted octanol–water partition coefficient (Wildman–Crippen LogP) is 6.38. The van der Waals surface area contributed by atoms with E-state index in [0.717, 1.165) is 52.7 Å². The Kier molecular flexibility index (Phi) is 5.87. The molecular formula is C25H25F3N6O. The zero-order valence-electron chi connectivity index (χ0n) is 19.5. The van der Waals surface area contributed by atoms with E-state index < -0.39 is 12.7 Å². The van der Waals surface area contributed by atoms with Crippen molar-refractivity contribution >= 4 is 11.0 Å². The normalized spacial score (nSPS) is 15.7. The Morgan fingerprint density at radius 2 is 1.94 bits per heavy atom. The first-order valence-electron chi connectivity index (χ1n) is 11.7. The minimum Gasteiger partial charge on any atom is -0.361 e. The van der Waals surface area contributed by atoms with Crippen molar-refractivity contribution in [1.82, 2.24) is 24.5 Å². The van der Waals surface area contributed by atoms with Crippen molar-refractivity contribution in [2.75, 3.05) is 0 Å². The van der Waals surface area contributed by atoms with E-state index in [1.165, 1.54) is 12.4 Å². The summed E-state index contributed by atoms with van der Waals surface area (Å²) < 4.78 is 47.0. The molecule has 182 valence electrons. The van der Waals surface area contributed by atoms with E-state index in [1.807, 2.05) is 26.1 Å². The van der Waals surface area contributed by atoms with E-state index in [0.29, 0.717) is 34.7 Å². The van der Waals surface area contributed by atoms with Gasteiger partial charge in [-0.3, -0.25) is 9.67 Å². The van der Waals surface area contributed by atoms with Crippen molar-refractivity contribution in [1.29, 1.82) is 5.26 Å². The highest BCUT2D eigenvalue weighted by atomic mass is 19.4. The molecule has 0 aliphatic heterocycles. The molecule has 4 heterocycles. The van der Waals surface area contributed by atoms with Gasteiger partial charge in [0.05, 0.1) is 35.4 Å². The lowest BCUT2D eigenvalue weighted by Crippen LogP contribution is -2.17. The van der Waals surface area contributed by atoms with E-state index in [4.69, 9.17) is 9.51 Å². The van der Waals surface area contributed by atoms with Crippen molar-refractivity contribution in [3.05, 3.63) is 42.3 Å². The van der Waals surface area contributed by atoms with Gasteiger partial charge in [-0.05, 0) is 38.7 Å². The molecule has 0 amide bonds. The fourth-order valence-corrected chi connectivity index (χ4v) is 5.35. The van der Waals surface area contributed by atoms with E-state index in [9.17, 15) is 18.4 Å². The van der Waals surface area contributed by atoms with Crippen LogP contribution in [0.15, 0.2) is 35.4 Å².